The maximum Gasteiger partial charge on any atom is 0.416 e. The van der Waals surface area contributed by atoms with Crippen LogP contribution in [0.2, 0.25) is 0 Å². The molecule has 9 heteroatoms. The molecule has 2 heterocycles. The zero-order valence-electron chi connectivity index (χ0n) is 19.7. The number of piperazine rings is 1. The Labute approximate surface area is 210 Å². The molecule has 5 nitrogen and oxygen atoms in total. The predicted octanol–water partition coefficient (Wildman–Crippen LogP) is 5.38. The van der Waals surface area contributed by atoms with Crippen LogP contribution in [0, 0.1) is 5.82 Å². The van der Waals surface area contributed by atoms with Gasteiger partial charge < -0.3 is 14.4 Å². The second kappa shape index (κ2) is 9.72. The van der Waals surface area contributed by atoms with Gasteiger partial charge in [-0.2, -0.15) is 13.2 Å². The minimum absolute atomic E-state index is 0.104. The third-order valence-corrected chi connectivity index (χ3v) is 6.59. The third kappa shape index (κ3) is 4.94. The molecule has 1 fully saturated rings. The van der Waals surface area contributed by atoms with Crippen molar-refractivity contribution in [2.24, 2.45) is 0 Å². The minimum atomic E-state index is -4.46. The molecule has 5 rings (SSSR count). The van der Waals surface area contributed by atoms with Crippen LogP contribution in [0.5, 0.6) is 0 Å². The van der Waals surface area contributed by atoms with Gasteiger partial charge in [0.2, 0.25) is 0 Å². The number of benzene rings is 3. The molecule has 1 aliphatic rings. The molecule has 1 aliphatic heterocycles. The molecule has 0 N–H and O–H groups in total. The molecule has 0 radical (unpaired) electrons. The smallest absolute Gasteiger partial charge is 0.366 e. The molecule has 0 spiro atoms. The van der Waals surface area contributed by atoms with Gasteiger partial charge in [0.1, 0.15) is 5.82 Å². The molecule has 1 saturated heterocycles. The van der Waals surface area contributed by atoms with Gasteiger partial charge in [-0.3, -0.25) is 9.59 Å². The number of ketones is 1. The Morgan fingerprint density at radius 3 is 2.27 bits per heavy atom. The van der Waals surface area contributed by atoms with Crippen LogP contribution >= 0.6 is 0 Å². The van der Waals surface area contributed by atoms with E-state index < -0.39 is 23.4 Å². The lowest BCUT2D eigenvalue weighted by Gasteiger charge is -2.35. The average Bonchev–Trinajstić information content (AvgIpc) is 3.26. The number of anilines is 1. The van der Waals surface area contributed by atoms with E-state index in [9.17, 15) is 27.2 Å². The van der Waals surface area contributed by atoms with Crippen molar-refractivity contribution in [2.75, 3.05) is 31.1 Å². The Morgan fingerprint density at radius 2 is 1.54 bits per heavy atom. The molecule has 0 unspecified atom stereocenters. The molecule has 190 valence electrons. The van der Waals surface area contributed by atoms with Crippen molar-refractivity contribution in [3.63, 3.8) is 0 Å². The van der Waals surface area contributed by atoms with Crippen LogP contribution in [0.3, 0.4) is 0 Å². The average molecular weight is 510 g/mol. The summed E-state index contributed by atoms with van der Waals surface area (Å²) in [6, 6.07) is 18.4. The highest BCUT2D eigenvalue weighted by Crippen LogP contribution is 2.30. The second-order valence-electron chi connectivity index (χ2n) is 8.95. The fraction of sp³-hybridized carbons (Fsp3) is 0.214. The summed E-state index contributed by atoms with van der Waals surface area (Å²) in [5, 5.41) is 0.554. The first-order valence-corrected chi connectivity index (χ1v) is 11.8. The first-order valence-electron chi connectivity index (χ1n) is 11.8. The third-order valence-electron chi connectivity index (χ3n) is 6.59. The Kier molecular flexibility index (Phi) is 6.45. The van der Waals surface area contributed by atoms with Gasteiger partial charge in [0.05, 0.1) is 16.8 Å². The summed E-state index contributed by atoms with van der Waals surface area (Å²) in [7, 11) is 0. The van der Waals surface area contributed by atoms with Crippen molar-refractivity contribution >= 4 is 28.3 Å². The number of hydrogen-bond donors (Lipinski definition) is 0. The van der Waals surface area contributed by atoms with Crippen LogP contribution in [-0.4, -0.2) is 47.3 Å². The zero-order chi connectivity index (χ0) is 26.2. The first kappa shape index (κ1) is 24.5. The predicted molar refractivity (Wildman–Crippen MR) is 132 cm³/mol. The van der Waals surface area contributed by atoms with Gasteiger partial charge in [-0.15, -0.1) is 0 Å². The number of amides is 1. The van der Waals surface area contributed by atoms with Gasteiger partial charge in [0.15, 0.2) is 0 Å². The molecule has 0 atom stereocenters. The Balaban J connectivity index is 1.36. The van der Waals surface area contributed by atoms with Crippen molar-refractivity contribution in [2.45, 2.75) is 12.7 Å². The fourth-order valence-corrected chi connectivity index (χ4v) is 4.72. The van der Waals surface area contributed by atoms with Crippen molar-refractivity contribution in [1.82, 2.24) is 9.47 Å². The van der Waals surface area contributed by atoms with Crippen LogP contribution in [-0.2, 0) is 17.5 Å². The number of nitrogens with zero attached hydrogens (tertiary/aromatic N) is 3. The van der Waals surface area contributed by atoms with E-state index in [0.29, 0.717) is 35.2 Å². The van der Waals surface area contributed by atoms with Gasteiger partial charge in [0, 0.05) is 49.8 Å². The Morgan fingerprint density at radius 1 is 0.838 bits per heavy atom. The Bertz CT molecular complexity index is 1470. The molecule has 4 aromatic rings. The summed E-state index contributed by atoms with van der Waals surface area (Å²) in [5.74, 6) is -1.68. The maximum absolute atomic E-state index is 14.1. The maximum atomic E-state index is 14.1. The highest BCUT2D eigenvalue weighted by atomic mass is 19.4. The normalized spacial score (nSPS) is 14.3. The lowest BCUT2D eigenvalue weighted by Crippen LogP contribution is -2.50. The summed E-state index contributed by atoms with van der Waals surface area (Å²) >= 11 is 0. The SMILES string of the molecule is O=C(C(=O)N1CCN(c2ccccc2F)CC1)c1cn(Cc2cccc(C(F)(F)F)c2)c2ccccc12. The molecule has 0 saturated carbocycles. The lowest BCUT2D eigenvalue weighted by atomic mass is 10.1. The molecule has 0 aliphatic carbocycles. The number of halogens is 4. The highest BCUT2D eigenvalue weighted by Gasteiger charge is 2.31. The summed E-state index contributed by atoms with van der Waals surface area (Å²) in [6.45, 7) is 1.41. The quantitative estimate of drug-likeness (QED) is 0.206. The van der Waals surface area contributed by atoms with Crippen LogP contribution < -0.4 is 4.90 Å². The van der Waals surface area contributed by atoms with Crippen molar-refractivity contribution in [3.8, 4) is 0 Å². The van der Waals surface area contributed by atoms with Crippen LogP contribution in [0.25, 0.3) is 10.9 Å². The number of fused-ring (bicyclic) bond motifs is 1. The van der Waals surface area contributed by atoms with Crippen molar-refractivity contribution in [1.29, 1.82) is 0 Å². The molecular formula is C28H23F4N3O2. The standard InChI is InChI=1S/C28H23F4N3O2/c29-23-9-2-4-11-25(23)33-12-14-34(15-13-33)27(37)26(36)22-18-35(24-10-3-1-8-21(22)24)17-19-6-5-7-20(16-19)28(30,31)32/h1-11,16,18H,12-15,17H2. The topological polar surface area (TPSA) is 45.6 Å². The Hall–Kier alpha value is -4.14. The van der Waals surface area contributed by atoms with Crippen molar-refractivity contribution in [3.05, 3.63) is 102 Å². The summed E-state index contributed by atoms with van der Waals surface area (Å²) in [5.41, 5.74) is 0.968. The van der Waals surface area contributed by atoms with Gasteiger partial charge >= 0.3 is 6.18 Å². The molecular weight excluding hydrogens is 486 g/mol. The number of para-hydroxylation sites is 2. The number of Topliss-reactive ketones (excluding diaryl/α,β-unsaturated/α-hetero) is 1. The number of rotatable bonds is 5. The fourth-order valence-electron chi connectivity index (χ4n) is 4.72. The van der Waals surface area contributed by atoms with E-state index in [2.05, 4.69) is 0 Å². The van der Waals surface area contributed by atoms with E-state index in [4.69, 9.17) is 0 Å². The van der Waals surface area contributed by atoms with E-state index in [1.54, 1.807) is 53.1 Å². The molecule has 0 bridgehead atoms. The number of alkyl halides is 3. The number of carbonyl (C=O) groups is 2. The monoisotopic (exact) mass is 509 g/mol. The van der Waals surface area contributed by atoms with E-state index in [0.717, 1.165) is 12.1 Å². The summed E-state index contributed by atoms with van der Waals surface area (Å²) < 4.78 is 55.3. The first-order chi connectivity index (χ1) is 17.7. The molecule has 3 aromatic carbocycles. The van der Waals surface area contributed by atoms with Gasteiger partial charge in [-0.05, 0) is 35.9 Å². The molecule has 1 aromatic heterocycles. The summed E-state index contributed by atoms with van der Waals surface area (Å²) in [4.78, 5) is 29.7. The van der Waals surface area contributed by atoms with Gasteiger partial charge in [0.25, 0.3) is 11.7 Å². The van der Waals surface area contributed by atoms with Crippen molar-refractivity contribution < 1.29 is 27.2 Å². The van der Waals surface area contributed by atoms with E-state index in [1.165, 1.54) is 23.2 Å². The summed E-state index contributed by atoms with van der Waals surface area (Å²) in [6.07, 6.45) is -2.93. The van der Waals surface area contributed by atoms with E-state index in [1.807, 2.05) is 4.90 Å². The number of aromatic nitrogens is 1. The molecule has 1 amide bonds. The molecule has 37 heavy (non-hydrogen) atoms. The highest BCUT2D eigenvalue weighted by molar-refractivity contribution is 6.44. The lowest BCUT2D eigenvalue weighted by molar-refractivity contribution is -0.137. The second-order valence-corrected chi connectivity index (χ2v) is 8.95. The number of hydrogen-bond acceptors (Lipinski definition) is 3. The van der Waals surface area contributed by atoms with Gasteiger partial charge in [-0.25, -0.2) is 4.39 Å². The number of carbonyl (C=O) groups excluding carboxylic acids is 2. The minimum Gasteiger partial charge on any atom is -0.366 e. The van der Waals surface area contributed by atoms with Crippen LogP contribution in [0.4, 0.5) is 23.2 Å². The van der Waals surface area contributed by atoms with Crippen LogP contribution in [0.1, 0.15) is 21.5 Å². The van der Waals surface area contributed by atoms with E-state index >= 15 is 0 Å². The van der Waals surface area contributed by atoms with E-state index in [-0.39, 0.29) is 31.0 Å². The largest absolute Gasteiger partial charge is 0.416 e. The van der Waals surface area contributed by atoms with Gasteiger partial charge in [-0.1, -0.05) is 42.5 Å². The van der Waals surface area contributed by atoms with Crippen LogP contribution in [0.15, 0.2) is 79.0 Å². The zero-order valence-corrected chi connectivity index (χ0v) is 19.7.